The van der Waals surface area contributed by atoms with E-state index in [-0.39, 0.29) is 42.2 Å². The summed E-state index contributed by atoms with van der Waals surface area (Å²) >= 11 is 1.76. The van der Waals surface area contributed by atoms with E-state index in [2.05, 4.69) is 59.0 Å². The largest absolute Gasteiger partial charge is 0.444 e. The second-order valence-electron chi connectivity index (χ2n) is 8.27. The molecule has 29 heavy (non-hydrogen) atoms. The van der Waals surface area contributed by atoms with Gasteiger partial charge in [-0.15, -0.1) is 35.3 Å². The first-order valence-electron chi connectivity index (χ1n) is 9.92. The standard InChI is InChI=1S/C20H35N5O2S.HI/c1-7-21-18(22-13-16(24(5)6)17-9-8-12-28-17)25-11-10-15(14-25)23-19(26)27-20(2,3)4;/h8-9,12,15-16H,7,10-11,13-14H2,1-6H3,(H,21,22)(H,23,26);1H. The maximum Gasteiger partial charge on any atom is 0.407 e. The number of aliphatic imine (C=N–C) groups is 1. The van der Waals surface area contributed by atoms with Crippen LogP contribution >= 0.6 is 35.3 Å². The third-order valence-electron chi connectivity index (χ3n) is 4.45. The summed E-state index contributed by atoms with van der Waals surface area (Å²) in [5.74, 6) is 0.902. The number of nitrogens with one attached hydrogen (secondary N) is 2. The molecule has 0 spiro atoms. The number of halogens is 1. The number of alkyl carbamates (subject to hydrolysis) is 1. The number of amides is 1. The summed E-state index contributed by atoms with van der Waals surface area (Å²) < 4.78 is 5.37. The molecule has 7 nitrogen and oxygen atoms in total. The van der Waals surface area contributed by atoms with E-state index in [9.17, 15) is 4.79 Å². The monoisotopic (exact) mass is 537 g/mol. The van der Waals surface area contributed by atoms with Crippen molar-refractivity contribution >= 4 is 47.4 Å². The van der Waals surface area contributed by atoms with E-state index < -0.39 is 5.60 Å². The molecule has 2 rings (SSSR count). The van der Waals surface area contributed by atoms with E-state index in [1.54, 1.807) is 11.3 Å². The lowest BCUT2D eigenvalue weighted by molar-refractivity contribution is 0.0507. The Hall–Kier alpha value is -1.07. The number of ether oxygens (including phenoxy) is 1. The summed E-state index contributed by atoms with van der Waals surface area (Å²) in [6, 6.07) is 4.57. The minimum Gasteiger partial charge on any atom is -0.444 e. The van der Waals surface area contributed by atoms with Gasteiger partial charge in [0.25, 0.3) is 0 Å². The van der Waals surface area contributed by atoms with Crippen molar-refractivity contribution in [2.45, 2.75) is 51.8 Å². The molecule has 1 fully saturated rings. The van der Waals surface area contributed by atoms with Gasteiger partial charge in [0.2, 0.25) is 0 Å². The lowest BCUT2D eigenvalue weighted by Crippen LogP contribution is -2.44. The first kappa shape index (κ1) is 26.0. The van der Waals surface area contributed by atoms with Crippen LogP contribution in [0.15, 0.2) is 22.5 Å². The average Bonchev–Trinajstić information content (AvgIpc) is 3.24. The Morgan fingerprint density at radius 2 is 2.17 bits per heavy atom. The lowest BCUT2D eigenvalue weighted by Gasteiger charge is -2.25. The van der Waals surface area contributed by atoms with Crippen molar-refractivity contribution in [1.82, 2.24) is 20.4 Å². The molecule has 0 aromatic carbocycles. The summed E-state index contributed by atoms with van der Waals surface area (Å²) in [5.41, 5.74) is -0.484. The first-order valence-corrected chi connectivity index (χ1v) is 10.8. The minimum absolute atomic E-state index is 0. The molecule has 2 N–H and O–H groups in total. The zero-order valence-corrected chi connectivity index (χ0v) is 21.5. The van der Waals surface area contributed by atoms with Gasteiger partial charge in [-0.25, -0.2) is 4.79 Å². The van der Waals surface area contributed by atoms with Crippen LogP contribution in [0.25, 0.3) is 0 Å². The van der Waals surface area contributed by atoms with Crippen LogP contribution < -0.4 is 10.6 Å². The second-order valence-corrected chi connectivity index (χ2v) is 9.25. The van der Waals surface area contributed by atoms with E-state index in [4.69, 9.17) is 9.73 Å². The van der Waals surface area contributed by atoms with Crippen molar-refractivity contribution in [3.63, 3.8) is 0 Å². The van der Waals surface area contributed by atoms with Crippen molar-refractivity contribution in [3.8, 4) is 0 Å². The molecule has 0 saturated carbocycles. The number of carbonyl (C=O) groups is 1. The molecule has 1 saturated heterocycles. The summed E-state index contributed by atoms with van der Waals surface area (Å²) in [6.45, 7) is 10.8. The van der Waals surface area contributed by atoms with Gasteiger partial charge in [-0.1, -0.05) is 6.07 Å². The highest BCUT2D eigenvalue weighted by molar-refractivity contribution is 14.0. The molecule has 9 heteroatoms. The van der Waals surface area contributed by atoms with Crippen molar-refractivity contribution in [3.05, 3.63) is 22.4 Å². The average molecular weight is 538 g/mol. The topological polar surface area (TPSA) is 69.2 Å². The fourth-order valence-corrected chi connectivity index (χ4v) is 4.05. The molecule has 1 aliphatic heterocycles. The Morgan fingerprint density at radius 1 is 1.45 bits per heavy atom. The van der Waals surface area contributed by atoms with Crippen molar-refractivity contribution < 1.29 is 9.53 Å². The predicted molar refractivity (Wildman–Crippen MR) is 131 cm³/mol. The third kappa shape index (κ3) is 8.67. The number of likely N-dealkylation sites (tertiary alicyclic amines) is 1. The van der Waals surface area contributed by atoms with E-state index >= 15 is 0 Å². The number of nitrogens with zero attached hydrogens (tertiary/aromatic N) is 3. The predicted octanol–water partition coefficient (Wildman–Crippen LogP) is 3.53. The van der Waals surface area contributed by atoms with Crippen LogP contribution in [0.3, 0.4) is 0 Å². The number of hydrogen-bond acceptors (Lipinski definition) is 5. The zero-order valence-electron chi connectivity index (χ0n) is 18.4. The molecule has 166 valence electrons. The van der Waals surface area contributed by atoms with Crippen LogP contribution in [-0.2, 0) is 4.74 Å². The van der Waals surface area contributed by atoms with Gasteiger partial charge in [0.1, 0.15) is 5.60 Å². The molecule has 2 heterocycles. The molecule has 1 aliphatic rings. The van der Waals surface area contributed by atoms with E-state index in [1.165, 1.54) is 4.88 Å². The van der Waals surface area contributed by atoms with Crippen LogP contribution in [0.1, 0.15) is 45.0 Å². The summed E-state index contributed by atoms with van der Waals surface area (Å²) in [6.07, 6.45) is 0.526. The summed E-state index contributed by atoms with van der Waals surface area (Å²) in [4.78, 5) is 22.7. The van der Waals surface area contributed by atoms with Crippen molar-refractivity contribution in [2.24, 2.45) is 4.99 Å². The van der Waals surface area contributed by atoms with E-state index in [1.807, 2.05) is 20.8 Å². The SMILES string of the molecule is CCNC(=NCC(c1cccs1)N(C)C)N1CCC(NC(=O)OC(C)(C)C)C1.I. The fraction of sp³-hybridized carbons (Fsp3) is 0.700. The molecule has 0 bridgehead atoms. The highest BCUT2D eigenvalue weighted by Gasteiger charge is 2.28. The Balaban J connectivity index is 0.00000420. The van der Waals surface area contributed by atoms with Gasteiger partial charge >= 0.3 is 6.09 Å². The van der Waals surface area contributed by atoms with Crippen LogP contribution in [0.4, 0.5) is 4.79 Å². The quantitative estimate of drug-likeness (QED) is 0.330. The smallest absolute Gasteiger partial charge is 0.407 e. The van der Waals surface area contributed by atoms with Gasteiger partial charge in [0.15, 0.2) is 5.96 Å². The summed E-state index contributed by atoms with van der Waals surface area (Å²) in [5, 5.41) is 8.47. The molecule has 2 atom stereocenters. The zero-order chi connectivity index (χ0) is 20.7. The van der Waals surface area contributed by atoms with Crippen LogP contribution in [0.2, 0.25) is 0 Å². The lowest BCUT2D eigenvalue weighted by atomic mass is 10.2. The van der Waals surface area contributed by atoms with Gasteiger partial charge in [0, 0.05) is 24.5 Å². The Kier molecular flexibility index (Phi) is 10.7. The van der Waals surface area contributed by atoms with E-state index in [0.29, 0.717) is 6.54 Å². The molecule has 0 radical (unpaired) electrons. The first-order chi connectivity index (χ1) is 13.2. The van der Waals surface area contributed by atoms with Crippen LogP contribution in [0, 0.1) is 0 Å². The number of thiophene rings is 1. The third-order valence-corrected chi connectivity index (χ3v) is 5.43. The van der Waals surface area contributed by atoms with Crippen molar-refractivity contribution in [1.29, 1.82) is 0 Å². The highest BCUT2D eigenvalue weighted by Crippen LogP contribution is 2.23. The number of likely N-dealkylation sites (N-methyl/N-ethyl adjacent to an activating group) is 1. The van der Waals surface area contributed by atoms with Gasteiger partial charge in [-0.05, 0) is 59.7 Å². The number of rotatable bonds is 6. The van der Waals surface area contributed by atoms with Crippen LogP contribution in [-0.4, -0.2) is 73.8 Å². The molecule has 1 aromatic rings. The Bertz CT molecular complexity index is 646. The molecule has 2 unspecified atom stereocenters. The normalized spacial score (nSPS) is 18.4. The minimum atomic E-state index is -0.484. The molecule has 1 aromatic heterocycles. The highest BCUT2D eigenvalue weighted by atomic mass is 127. The van der Waals surface area contributed by atoms with E-state index in [0.717, 1.165) is 32.0 Å². The number of carbonyl (C=O) groups excluding carboxylic acids is 1. The number of hydrogen-bond donors (Lipinski definition) is 2. The summed E-state index contributed by atoms with van der Waals surface area (Å²) in [7, 11) is 4.17. The van der Waals surface area contributed by atoms with Crippen molar-refractivity contribution in [2.75, 3.05) is 40.3 Å². The molecular weight excluding hydrogens is 501 g/mol. The number of guanidine groups is 1. The second kappa shape index (κ2) is 11.9. The maximum absolute atomic E-state index is 12.0. The fourth-order valence-electron chi connectivity index (χ4n) is 3.13. The molecular formula is C20H36IN5O2S. The molecule has 0 aliphatic carbocycles. The Morgan fingerprint density at radius 3 is 2.72 bits per heavy atom. The van der Waals surface area contributed by atoms with Gasteiger partial charge < -0.3 is 25.2 Å². The molecule has 1 amide bonds. The van der Waals surface area contributed by atoms with Gasteiger partial charge in [-0.3, -0.25) is 4.99 Å². The maximum atomic E-state index is 12.0. The Labute approximate surface area is 196 Å². The van der Waals surface area contributed by atoms with Crippen LogP contribution in [0.5, 0.6) is 0 Å². The van der Waals surface area contributed by atoms with Gasteiger partial charge in [0.05, 0.1) is 18.6 Å². The van der Waals surface area contributed by atoms with Gasteiger partial charge in [-0.2, -0.15) is 0 Å².